The number of hydrogen-bond donors (Lipinski definition) is 0. The largest absolute Gasteiger partial charge is 0.456 e. The molecule has 1 aliphatic carbocycles. The zero-order valence-corrected chi connectivity index (χ0v) is 28.0. The van der Waals surface area contributed by atoms with Crippen LogP contribution >= 0.6 is 0 Å². The molecular formula is C47H29N3O2. The number of nitrogens with zero attached hydrogens (tertiary/aromatic N) is 3. The SMILES string of the molecule is C1=Cc2c(-c3nc(-c4ccccc4)nc(-c4ccc5ccc6oc7ccccc7c6c5c4)n3)ccc(-c3cccc4oc5ccccc5c34)c2CC1. The van der Waals surface area contributed by atoms with Gasteiger partial charge in [0, 0.05) is 38.2 Å². The molecule has 5 heteroatoms. The third-order valence-electron chi connectivity index (χ3n) is 10.4. The average molecular weight is 668 g/mol. The molecule has 3 aromatic heterocycles. The van der Waals surface area contributed by atoms with Crippen LogP contribution in [0.4, 0.5) is 0 Å². The maximum Gasteiger partial charge on any atom is 0.164 e. The molecule has 0 saturated heterocycles. The molecule has 0 N–H and O–H groups in total. The van der Waals surface area contributed by atoms with Crippen molar-refractivity contribution < 1.29 is 8.83 Å². The summed E-state index contributed by atoms with van der Waals surface area (Å²) in [5.74, 6) is 1.92. The van der Waals surface area contributed by atoms with Gasteiger partial charge in [0.1, 0.15) is 22.3 Å². The topological polar surface area (TPSA) is 65.0 Å². The van der Waals surface area contributed by atoms with E-state index >= 15 is 0 Å². The van der Waals surface area contributed by atoms with Crippen LogP contribution in [0, 0.1) is 0 Å². The van der Waals surface area contributed by atoms with E-state index in [0.29, 0.717) is 17.5 Å². The summed E-state index contributed by atoms with van der Waals surface area (Å²) >= 11 is 0. The van der Waals surface area contributed by atoms with Crippen LogP contribution in [0.1, 0.15) is 17.5 Å². The second-order valence-corrected chi connectivity index (χ2v) is 13.4. The summed E-state index contributed by atoms with van der Waals surface area (Å²) in [7, 11) is 0. The highest BCUT2D eigenvalue weighted by Crippen LogP contribution is 2.43. The van der Waals surface area contributed by atoms with Crippen molar-refractivity contribution in [1.82, 2.24) is 15.0 Å². The highest BCUT2D eigenvalue weighted by atomic mass is 16.3. The molecule has 0 radical (unpaired) electrons. The molecule has 10 aromatic rings. The van der Waals surface area contributed by atoms with E-state index in [0.717, 1.165) is 89.7 Å². The maximum absolute atomic E-state index is 6.28. The van der Waals surface area contributed by atoms with Crippen LogP contribution in [0.15, 0.2) is 154 Å². The Labute approximate surface area is 298 Å². The van der Waals surface area contributed by atoms with E-state index in [1.807, 2.05) is 42.5 Å². The second-order valence-electron chi connectivity index (χ2n) is 13.4. The van der Waals surface area contributed by atoms with Gasteiger partial charge in [-0.25, -0.2) is 15.0 Å². The second kappa shape index (κ2) is 11.3. The Hall–Kier alpha value is -6.85. The lowest BCUT2D eigenvalue weighted by molar-refractivity contribution is 0.668. The lowest BCUT2D eigenvalue weighted by Crippen LogP contribution is -2.05. The summed E-state index contributed by atoms with van der Waals surface area (Å²) in [6, 6.07) is 48.1. The third-order valence-corrected chi connectivity index (χ3v) is 10.4. The van der Waals surface area contributed by atoms with Crippen molar-refractivity contribution in [1.29, 1.82) is 0 Å². The Balaban J connectivity index is 1.13. The minimum Gasteiger partial charge on any atom is -0.456 e. The predicted octanol–water partition coefficient (Wildman–Crippen LogP) is 12.5. The van der Waals surface area contributed by atoms with E-state index in [4.69, 9.17) is 23.8 Å². The summed E-state index contributed by atoms with van der Waals surface area (Å²) in [6.45, 7) is 0. The van der Waals surface area contributed by atoms with Gasteiger partial charge in [0.2, 0.25) is 0 Å². The normalized spacial score (nSPS) is 12.8. The number of fused-ring (bicyclic) bond motifs is 9. The molecule has 5 nitrogen and oxygen atoms in total. The molecule has 0 atom stereocenters. The highest BCUT2D eigenvalue weighted by Gasteiger charge is 2.22. The molecule has 0 amide bonds. The van der Waals surface area contributed by atoms with Gasteiger partial charge in [-0.3, -0.25) is 0 Å². The van der Waals surface area contributed by atoms with Gasteiger partial charge in [-0.05, 0) is 82.3 Å². The van der Waals surface area contributed by atoms with Crippen LogP contribution < -0.4 is 0 Å². The van der Waals surface area contributed by atoms with Gasteiger partial charge in [-0.15, -0.1) is 0 Å². The highest BCUT2D eigenvalue weighted by molar-refractivity contribution is 6.19. The monoisotopic (exact) mass is 667 g/mol. The van der Waals surface area contributed by atoms with Gasteiger partial charge >= 0.3 is 0 Å². The number of hydrogen-bond acceptors (Lipinski definition) is 5. The van der Waals surface area contributed by atoms with Gasteiger partial charge in [0.25, 0.3) is 0 Å². The van der Waals surface area contributed by atoms with Gasteiger partial charge in [0.05, 0.1) is 0 Å². The summed E-state index contributed by atoms with van der Waals surface area (Å²) in [4.78, 5) is 15.5. The standard InChI is InChI=1S/C47H29N3O2/c1-2-11-29(12-3-1)45-48-46(30-22-21-28-23-26-42-44(38(28)27-30)37-16-7-9-19-40(37)52-42)50-47(49-45)35-25-24-33(31-13-4-5-14-32(31)35)34-17-10-20-41-43(34)36-15-6-8-18-39(36)51-41/h1-3,5-12,14-27H,4,13H2. The molecule has 244 valence electrons. The molecule has 0 bridgehead atoms. The summed E-state index contributed by atoms with van der Waals surface area (Å²) < 4.78 is 12.5. The number of para-hydroxylation sites is 2. The van der Waals surface area contributed by atoms with E-state index in [-0.39, 0.29) is 0 Å². The van der Waals surface area contributed by atoms with Crippen LogP contribution in [-0.2, 0) is 6.42 Å². The third kappa shape index (κ3) is 4.46. The van der Waals surface area contributed by atoms with Crippen LogP contribution in [0.3, 0.4) is 0 Å². The van der Waals surface area contributed by atoms with Crippen LogP contribution in [0.2, 0.25) is 0 Å². The summed E-state index contributed by atoms with van der Waals surface area (Å²) in [6.07, 6.45) is 6.39. The van der Waals surface area contributed by atoms with Gasteiger partial charge in [-0.1, -0.05) is 115 Å². The van der Waals surface area contributed by atoms with Crippen molar-refractivity contribution in [3.05, 3.63) is 157 Å². The first-order valence-corrected chi connectivity index (χ1v) is 17.7. The van der Waals surface area contributed by atoms with E-state index in [9.17, 15) is 0 Å². The number of rotatable bonds is 4. The Morgan fingerprint density at radius 2 is 1.10 bits per heavy atom. The first-order valence-electron chi connectivity index (χ1n) is 17.7. The molecule has 0 fully saturated rings. The Bertz CT molecular complexity index is 3080. The van der Waals surface area contributed by atoms with Crippen LogP contribution in [-0.4, -0.2) is 15.0 Å². The molecule has 0 saturated carbocycles. The Morgan fingerprint density at radius 1 is 0.442 bits per heavy atom. The van der Waals surface area contributed by atoms with Crippen molar-refractivity contribution >= 4 is 60.7 Å². The number of allylic oxidation sites excluding steroid dienone is 1. The molecule has 7 aromatic carbocycles. The van der Waals surface area contributed by atoms with E-state index in [1.165, 1.54) is 16.7 Å². The average Bonchev–Trinajstić information content (AvgIpc) is 3.79. The fourth-order valence-corrected chi connectivity index (χ4v) is 8.02. The molecule has 52 heavy (non-hydrogen) atoms. The zero-order chi connectivity index (χ0) is 34.2. The van der Waals surface area contributed by atoms with Crippen molar-refractivity contribution in [3.8, 4) is 45.3 Å². The molecule has 0 spiro atoms. The van der Waals surface area contributed by atoms with E-state index in [2.05, 4.69) is 109 Å². The first-order chi connectivity index (χ1) is 25.8. The summed E-state index contributed by atoms with van der Waals surface area (Å²) in [5.41, 5.74) is 11.2. The minimum atomic E-state index is 0.628. The minimum absolute atomic E-state index is 0.628. The number of benzene rings is 7. The smallest absolute Gasteiger partial charge is 0.164 e. The van der Waals surface area contributed by atoms with E-state index in [1.54, 1.807) is 0 Å². The van der Waals surface area contributed by atoms with Crippen molar-refractivity contribution in [3.63, 3.8) is 0 Å². The fraction of sp³-hybridized carbons (Fsp3) is 0.0426. The van der Waals surface area contributed by atoms with Gasteiger partial charge < -0.3 is 8.83 Å². The van der Waals surface area contributed by atoms with Gasteiger partial charge in [-0.2, -0.15) is 0 Å². The fourth-order valence-electron chi connectivity index (χ4n) is 8.02. The predicted molar refractivity (Wildman–Crippen MR) is 211 cm³/mol. The molecular weight excluding hydrogens is 639 g/mol. The quantitative estimate of drug-likeness (QED) is 0.187. The summed E-state index contributed by atoms with van der Waals surface area (Å²) in [5, 5.41) is 6.71. The molecule has 0 aliphatic heterocycles. The lowest BCUT2D eigenvalue weighted by atomic mass is 9.85. The molecule has 1 aliphatic rings. The Morgan fingerprint density at radius 3 is 1.92 bits per heavy atom. The Kier molecular flexibility index (Phi) is 6.31. The van der Waals surface area contributed by atoms with Gasteiger partial charge in [0.15, 0.2) is 17.5 Å². The van der Waals surface area contributed by atoms with Crippen molar-refractivity contribution in [2.75, 3.05) is 0 Å². The molecule has 0 unspecified atom stereocenters. The van der Waals surface area contributed by atoms with Crippen molar-refractivity contribution in [2.45, 2.75) is 12.8 Å². The first kappa shape index (κ1) is 28.9. The van der Waals surface area contributed by atoms with E-state index < -0.39 is 0 Å². The maximum atomic E-state index is 6.28. The van der Waals surface area contributed by atoms with Crippen LogP contribution in [0.5, 0.6) is 0 Å². The van der Waals surface area contributed by atoms with Crippen molar-refractivity contribution in [2.24, 2.45) is 0 Å². The lowest BCUT2D eigenvalue weighted by Gasteiger charge is -2.20. The number of furan rings is 2. The zero-order valence-electron chi connectivity index (χ0n) is 28.0. The molecule has 3 heterocycles. The van der Waals surface area contributed by atoms with Crippen LogP contribution in [0.25, 0.3) is 106 Å². The number of aromatic nitrogens is 3. The molecule has 11 rings (SSSR count).